The molecule has 5 heteroatoms. The Hall–Kier alpha value is -1.55. The van der Waals surface area contributed by atoms with E-state index in [1.807, 2.05) is 38.8 Å². The molecule has 0 amide bonds. The van der Waals surface area contributed by atoms with Crippen LogP contribution in [0.3, 0.4) is 0 Å². The number of alkyl halides is 1. The third kappa shape index (κ3) is 2.77. The molecular weight excluding hydrogens is 236 g/mol. The third-order valence-electron chi connectivity index (χ3n) is 2.61. The molecule has 17 heavy (non-hydrogen) atoms. The average Bonchev–Trinajstić information content (AvgIpc) is 2.74. The maximum absolute atomic E-state index is 5.90. The van der Waals surface area contributed by atoms with Crippen molar-refractivity contribution in [3.8, 4) is 0 Å². The van der Waals surface area contributed by atoms with Crippen LogP contribution in [0, 0.1) is 0 Å². The van der Waals surface area contributed by atoms with Crippen LogP contribution < -0.4 is 4.90 Å². The molecule has 90 valence electrons. The SMILES string of the molecule is CN(Cc1cnn(C)c1)c1ccncc1CCl. The number of pyridine rings is 1. The van der Waals surface area contributed by atoms with Crippen LogP contribution in [0.25, 0.3) is 0 Å². The Morgan fingerprint density at radius 1 is 1.41 bits per heavy atom. The van der Waals surface area contributed by atoms with E-state index in [1.54, 1.807) is 10.9 Å². The van der Waals surface area contributed by atoms with Crippen LogP contribution in [0.4, 0.5) is 5.69 Å². The topological polar surface area (TPSA) is 34.0 Å². The first-order chi connectivity index (χ1) is 8.20. The third-order valence-corrected chi connectivity index (χ3v) is 2.90. The minimum atomic E-state index is 0.473. The number of hydrogen-bond donors (Lipinski definition) is 0. The van der Waals surface area contributed by atoms with E-state index in [0.29, 0.717) is 5.88 Å². The molecule has 2 aromatic rings. The Morgan fingerprint density at radius 2 is 2.24 bits per heavy atom. The van der Waals surface area contributed by atoms with Crippen molar-refractivity contribution in [3.05, 3.63) is 42.0 Å². The van der Waals surface area contributed by atoms with Gasteiger partial charge < -0.3 is 4.90 Å². The summed E-state index contributed by atoms with van der Waals surface area (Å²) in [5.41, 5.74) is 3.33. The van der Waals surface area contributed by atoms with Gasteiger partial charge in [0.15, 0.2) is 0 Å². The van der Waals surface area contributed by atoms with E-state index in [2.05, 4.69) is 15.0 Å². The molecule has 2 heterocycles. The molecule has 0 radical (unpaired) electrons. The number of anilines is 1. The summed E-state index contributed by atoms with van der Waals surface area (Å²) in [4.78, 5) is 6.23. The zero-order valence-electron chi connectivity index (χ0n) is 9.97. The van der Waals surface area contributed by atoms with Gasteiger partial charge in [0.2, 0.25) is 0 Å². The van der Waals surface area contributed by atoms with E-state index in [9.17, 15) is 0 Å². The first-order valence-corrected chi connectivity index (χ1v) is 5.91. The summed E-state index contributed by atoms with van der Waals surface area (Å²) in [5.74, 6) is 0.473. The van der Waals surface area contributed by atoms with Gasteiger partial charge in [-0.25, -0.2) is 0 Å². The second-order valence-electron chi connectivity index (χ2n) is 4.02. The van der Waals surface area contributed by atoms with Crippen LogP contribution in [0.15, 0.2) is 30.9 Å². The van der Waals surface area contributed by atoms with Gasteiger partial charge in [-0.15, -0.1) is 11.6 Å². The van der Waals surface area contributed by atoms with Gasteiger partial charge >= 0.3 is 0 Å². The highest BCUT2D eigenvalue weighted by Crippen LogP contribution is 2.21. The summed E-state index contributed by atoms with van der Waals surface area (Å²) < 4.78 is 1.80. The lowest BCUT2D eigenvalue weighted by Gasteiger charge is -2.20. The van der Waals surface area contributed by atoms with E-state index in [-0.39, 0.29) is 0 Å². The number of hydrogen-bond acceptors (Lipinski definition) is 3. The molecule has 2 aromatic heterocycles. The summed E-state index contributed by atoms with van der Waals surface area (Å²) in [6.45, 7) is 0.807. The predicted octanol–water partition coefficient (Wildman–Crippen LogP) is 2.19. The van der Waals surface area contributed by atoms with Crippen molar-refractivity contribution in [2.24, 2.45) is 7.05 Å². The number of halogens is 1. The monoisotopic (exact) mass is 250 g/mol. The number of aromatic nitrogens is 3. The molecule has 0 bridgehead atoms. The largest absolute Gasteiger partial charge is 0.370 e. The quantitative estimate of drug-likeness (QED) is 0.780. The summed E-state index contributed by atoms with van der Waals surface area (Å²) >= 11 is 5.90. The molecule has 0 unspecified atom stereocenters. The highest BCUT2D eigenvalue weighted by molar-refractivity contribution is 6.17. The molecule has 4 nitrogen and oxygen atoms in total. The second kappa shape index (κ2) is 5.19. The van der Waals surface area contributed by atoms with Crippen LogP contribution in [0.1, 0.15) is 11.1 Å². The Kier molecular flexibility index (Phi) is 3.64. The van der Waals surface area contributed by atoms with Crippen LogP contribution in [0.2, 0.25) is 0 Å². The molecule has 0 fully saturated rings. The molecule has 0 aliphatic carbocycles. The van der Waals surface area contributed by atoms with E-state index in [4.69, 9.17) is 11.6 Å². The molecule has 0 aliphatic heterocycles. The normalized spacial score (nSPS) is 10.5. The molecule has 0 N–H and O–H groups in total. The van der Waals surface area contributed by atoms with Gasteiger partial charge in [-0.05, 0) is 6.07 Å². The average molecular weight is 251 g/mol. The summed E-state index contributed by atoms with van der Waals surface area (Å²) in [5, 5.41) is 4.16. The smallest absolute Gasteiger partial charge is 0.0539 e. The minimum Gasteiger partial charge on any atom is -0.370 e. The Bertz CT molecular complexity index is 495. The van der Waals surface area contributed by atoms with E-state index in [1.165, 1.54) is 5.56 Å². The van der Waals surface area contributed by atoms with Crippen LogP contribution in [0.5, 0.6) is 0 Å². The van der Waals surface area contributed by atoms with Gasteiger partial charge in [-0.1, -0.05) is 0 Å². The molecule has 0 saturated carbocycles. The van der Waals surface area contributed by atoms with Crippen LogP contribution in [-0.2, 0) is 19.5 Å². The summed E-state index contributed by atoms with van der Waals surface area (Å²) in [6, 6.07) is 1.98. The Labute approximate surface area is 106 Å². The molecule has 0 saturated heterocycles. The zero-order chi connectivity index (χ0) is 12.3. The van der Waals surface area contributed by atoms with Gasteiger partial charge in [0, 0.05) is 56.0 Å². The second-order valence-corrected chi connectivity index (χ2v) is 4.28. The van der Waals surface area contributed by atoms with Crippen molar-refractivity contribution in [2.45, 2.75) is 12.4 Å². The van der Waals surface area contributed by atoms with Gasteiger partial charge in [0.1, 0.15) is 0 Å². The molecular formula is C12H15ClN4. The van der Waals surface area contributed by atoms with E-state index in [0.717, 1.165) is 17.8 Å². The first-order valence-electron chi connectivity index (χ1n) is 5.38. The van der Waals surface area contributed by atoms with E-state index >= 15 is 0 Å². The summed E-state index contributed by atoms with van der Waals surface area (Å²) in [7, 11) is 3.96. The lowest BCUT2D eigenvalue weighted by atomic mass is 10.2. The lowest BCUT2D eigenvalue weighted by Crippen LogP contribution is -2.17. The maximum Gasteiger partial charge on any atom is 0.0539 e. The number of aryl methyl sites for hydroxylation is 1. The van der Waals surface area contributed by atoms with Crippen molar-refractivity contribution in [2.75, 3.05) is 11.9 Å². The zero-order valence-corrected chi connectivity index (χ0v) is 10.7. The molecule has 2 rings (SSSR count). The number of nitrogens with zero attached hydrogens (tertiary/aromatic N) is 4. The standard InChI is InChI=1S/C12H15ClN4/c1-16(8-10-6-15-17(2)9-10)12-3-4-14-7-11(12)5-13/h3-4,6-7,9H,5,8H2,1-2H3. The fourth-order valence-electron chi connectivity index (χ4n) is 1.81. The van der Waals surface area contributed by atoms with Crippen molar-refractivity contribution in [3.63, 3.8) is 0 Å². The highest BCUT2D eigenvalue weighted by atomic mass is 35.5. The molecule has 0 aromatic carbocycles. The van der Waals surface area contributed by atoms with Gasteiger partial charge in [0.05, 0.1) is 12.1 Å². The molecule has 0 aliphatic rings. The highest BCUT2D eigenvalue weighted by Gasteiger charge is 2.08. The lowest BCUT2D eigenvalue weighted by molar-refractivity contribution is 0.766. The fraction of sp³-hybridized carbons (Fsp3) is 0.333. The Balaban J connectivity index is 2.16. The predicted molar refractivity (Wildman–Crippen MR) is 69.1 cm³/mol. The first kappa shape index (κ1) is 11.9. The molecule has 0 atom stereocenters. The van der Waals surface area contributed by atoms with Gasteiger partial charge in [-0.2, -0.15) is 5.10 Å². The Morgan fingerprint density at radius 3 is 2.88 bits per heavy atom. The van der Waals surface area contributed by atoms with Crippen molar-refractivity contribution in [1.29, 1.82) is 0 Å². The van der Waals surface area contributed by atoms with Crippen LogP contribution in [-0.4, -0.2) is 21.8 Å². The van der Waals surface area contributed by atoms with Crippen molar-refractivity contribution in [1.82, 2.24) is 14.8 Å². The molecule has 0 spiro atoms. The van der Waals surface area contributed by atoms with Gasteiger partial charge in [0.25, 0.3) is 0 Å². The summed E-state index contributed by atoms with van der Waals surface area (Å²) in [6.07, 6.45) is 7.48. The van der Waals surface area contributed by atoms with Gasteiger partial charge in [-0.3, -0.25) is 9.67 Å². The number of rotatable bonds is 4. The van der Waals surface area contributed by atoms with Crippen molar-refractivity contribution < 1.29 is 0 Å². The minimum absolute atomic E-state index is 0.473. The van der Waals surface area contributed by atoms with Crippen molar-refractivity contribution >= 4 is 17.3 Å². The maximum atomic E-state index is 5.90. The van der Waals surface area contributed by atoms with Crippen LogP contribution >= 0.6 is 11.6 Å². The fourth-order valence-corrected chi connectivity index (χ4v) is 2.01. The van der Waals surface area contributed by atoms with E-state index < -0.39 is 0 Å².